The van der Waals surface area contributed by atoms with Crippen molar-refractivity contribution >= 4 is 11.4 Å². The fourth-order valence-corrected chi connectivity index (χ4v) is 1.44. The van der Waals surface area contributed by atoms with Gasteiger partial charge >= 0.3 is 0 Å². The Morgan fingerprint density at radius 3 is 3.08 bits per heavy atom. The van der Waals surface area contributed by atoms with Crippen LogP contribution in [0.1, 0.15) is 12.0 Å². The number of hydrogen-bond acceptors (Lipinski definition) is 3. The Bertz CT molecular complexity index is 331. The zero-order chi connectivity index (χ0) is 9.10. The fraction of sp³-hybridized carbons (Fsp3) is 0.300. The Morgan fingerprint density at radius 2 is 2.38 bits per heavy atom. The van der Waals surface area contributed by atoms with Crippen LogP contribution in [0.15, 0.2) is 29.4 Å². The summed E-state index contributed by atoms with van der Waals surface area (Å²) in [5.41, 5.74) is 6.46. The molecule has 1 aromatic carbocycles. The first-order chi connectivity index (χ1) is 6.40. The van der Waals surface area contributed by atoms with Gasteiger partial charge in [0.15, 0.2) is 0 Å². The average Bonchev–Trinajstić information content (AvgIpc) is 2.71. The minimum absolute atomic E-state index is 0.957. The molecule has 0 aliphatic carbocycles. The molecule has 0 saturated heterocycles. The highest BCUT2D eigenvalue weighted by Gasteiger charge is 2.08. The molecule has 68 valence electrons. The quantitative estimate of drug-likeness (QED) is 0.713. The first-order valence-electron chi connectivity index (χ1n) is 4.48. The summed E-state index contributed by atoms with van der Waals surface area (Å²) < 4.78 is 0. The molecule has 0 saturated carbocycles. The third-order valence-corrected chi connectivity index (χ3v) is 2.17. The number of rotatable bonds is 2. The molecule has 0 spiro atoms. The average molecular weight is 175 g/mol. The van der Waals surface area contributed by atoms with Crippen molar-refractivity contribution in [2.45, 2.75) is 6.42 Å². The molecule has 0 fully saturated rings. The number of benzene rings is 1. The highest BCUT2D eigenvalue weighted by atomic mass is 15.3. The van der Waals surface area contributed by atoms with Gasteiger partial charge in [-0.05, 0) is 17.7 Å². The van der Waals surface area contributed by atoms with E-state index in [9.17, 15) is 0 Å². The fourth-order valence-electron chi connectivity index (χ4n) is 1.44. The maximum absolute atomic E-state index is 4.22. The zero-order valence-electron chi connectivity index (χ0n) is 7.67. The van der Waals surface area contributed by atoms with Gasteiger partial charge in [0.05, 0.1) is 5.71 Å². The van der Waals surface area contributed by atoms with E-state index < -0.39 is 0 Å². The van der Waals surface area contributed by atoms with E-state index in [0.717, 1.165) is 24.4 Å². The third kappa shape index (κ3) is 1.64. The van der Waals surface area contributed by atoms with Crippen LogP contribution < -0.4 is 10.7 Å². The van der Waals surface area contributed by atoms with Crippen molar-refractivity contribution < 1.29 is 0 Å². The van der Waals surface area contributed by atoms with Crippen molar-refractivity contribution in [3.05, 3.63) is 29.8 Å². The lowest BCUT2D eigenvalue weighted by Gasteiger charge is -2.03. The maximum Gasteiger partial charge on any atom is 0.0694 e. The topological polar surface area (TPSA) is 36.4 Å². The Balaban J connectivity index is 2.29. The minimum Gasteiger partial charge on any atom is -0.388 e. The molecule has 2 rings (SSSR count). The van der Waals surface area contributed by atoms with Crippen molar-refractivity contribution in [1.29, 1.82) is 0 Å². The van der Waals surface area contributed by atoms with Crippen LogP contribution in [0.25, 0.3) is 0 Å². The summed E-state index contributed by atoms with van der Waals surface area (Å²) in [5, 5.41) is 7.34. The number of nitrogens with zero attached hydrogens (tertiary/aromatic N) is 1. The molecule has 0 bridgehead atoms. The molecule has 1 aliphatic heterocycles. The molecule has 0 unspecified atom stereocenters. The molecule has 0 aromatic heterocycles. The van der Waals surface area contributed by atoms with Gasteiger partial charge in [0, 0.05) is 25.7 Å². The smallest absolute Gasteiger partial charge is 0.0694 e. The Morgan fingerprint density at radius 1 is 1.46 bits per heavy atom. The van der Waals surface area contributed by atoms with Crippen molar-refractivity contribution in [2.75, 3.05) is 18.9 Å². The molecule has 1 heterocycles. The molecule has 1 aromatic rings. The van der Waals surface area contributed by atoms with Gasteiger partial charge < -0.3 is 10.7 Å². The number of nitrogens with one attached hydrogen (secondary N) is 2. The van der Waals surface area contributed by atoms with Gasteiger partial charge in [-0.3, -0.25) is 0 Å². The number of hydrazone groups is 1. The zero-order valence-corrected chi connectivity index (χ0v) is 7.67. The second-order valence-corrected chi connectivity index (χ2v) is 3.05. The monoisotopic (exact) mass is 175 g/mol. The minimum atomic E-state index is 0.957. The largest absolute Gasteiger partial charge is 0.388 e. The van der Waals surface area contributed by atoms with E-state index >= 15 is 0 Å². The predicted molar refractivity (Wildman–Crippen MR) is 55.1 cm³/mol. The molecule has 0 radical (unpaired) electrons. The van der Waals surface area contributed by atoms with Crippen LogP contribution in [0.3, 0.4) is 0 Å². The van der Waals surface area contributed by atoms with Crippen molar-refractivity contribution in [3.63, 3.8) is 0 Å². The van der Waals surface area contributed by atoms with E-state index in [4.69, 9.17) is 0 Å². The highest BCUT2D eigenvalue weighted by molar-refractivity contribution is 6.02. The summed E-state index contributed by atoms with van der Waals surface area (Å²) in [7, 11) is 1.92. The predicted octanol–water partition coefficient (Wildman–Crippen LogP) is 1.43. The molecule has 1 aliphatic rings. The van der Waals surface area contributed by atoms with Crippen LogP contribution in [0.2, 0.25) is 0 Å². The van der Waals surface area contributed by atoms with Gasteiger partial charge in [0.2, 0.25) is 0 Å². The normalized spacial score (nSPS) is 15.0. The number of hydrogen-bond donors (Lipinski definition) is 2. The second kappa shape index (κ2) is 3.47. The van der Waals surface area contributed by atoms with Gasteiger partial charge in [0.1, 0.15) is 0 Å². The SMILES string of the molecule is CNc1cccc(C2=NNCC2)c1. The van der Waals surface area contributed by atoms with E-state index in [-0.39, 0.29) is 0 Å². The van der Waals surface area contributed by atoms with Crippen molar-refractivity contribution in [1.82, 2.24) is 5.43 Å². The summed E-state index contributed by atoms with van der Waals surface area (Å²) in [6, 6.07) is 8.30. The third-order valence-electron chi connectivity index (χ3n) is 2.17. The van der Waals surface area contributed by atoms with Gasteiger partial charge in [-0.25, -0.2) is 0 Å². The highest BCUT2D eigenvalue weighted by Crippen LogP contribution is 2.13. The maximum atomic E-state index is 4.22. The molecular formula is C10H13N3. The second-order valence-electron chi connectivity index (χ2n) is 3.05. The van der Waals surface area contributed by atoms with Crippen LogP contribution >= 0.6 is 0 Å². The Kier molecular flexibility index (Phi) is 2.17. The molecule has 0 atom stereocenters. The van der Waals surface area contributed by atoms with E-state index in [2.05, 4.69) is 28.0 Å². The standard InChI is InChI=1S/C10H13N3/c1-11-9-4-2-3-8(7-9)10-5-6-12-13-10/h2-4,7,11-12H,5-6H2,1H3. The lowest BCUT2D eigenvalue weighted by molar-refractivity contribution is 0.813. The van der Waals surface area contributed by atoms with Crippen LogP contribution in [0.4, 0.5) is 5.69 Å². The number of anilines is 1. The van der Waals surface area contributed by atoms with Gasteiger partial charge in [-0.15, -0.1) is 0 Å². The lowest BCUT2D eigenvalue weighted by Crippen LogP contribution is -1.98. The van der Waals surface area contributed by atoms with E-state index in [1.54, 1.807) is 0 Å². The lowest BCUT2D eigenvalue weighted by atomic mass is 10.1. The summed E-state index contributed by atoms with van der Waals surface area (Å²) in [6.45, 7) is 0.957. The van der Waals surface area contributed by atoms with Crippen LogP contribution in [0, 0.1) is 0 Å². The summed E-state index contributed by atoms with van der Waals surface area (Å²) in [4.78, 5) is 0. The summed E-state index contributed by atoms with van der Waals surface area (Å²) in [5.74, 6) is 0. The summed E-state index contributed by atoms with van der Waals surface area (Å²) in [6.07, 6.45) is 1.02. The van der Waals surface area contributed by atoms with Crippen LogP contribution in [-0.4, -0.2) is 19.3 Å². The molecular weight excluding hydrogens is 162 g/mol. The van der Waals surface area contributed by atoms with Gasteiger partial charge in [0.25, 0.3) is 0 Å². The van der Waals surface area contributed by atoms with Gasteiger partial charge in [-0.2, -0.15) is 5.10 Å². The molecule has 13 heavy (non-hydrogen) atoms. The first-order valence-corrected chi connectivity index (χ1v) is 4.48. The molecule has 3 heteroatoms. The van der Waals surface area contributed by atoms with Crippen LogP contribution in [0.5, 0.6) is 0 Å². The Hall–Kier alpha value is -1.51. The van der Waals surface area contributed by atoms with Crippen molar-refractivity contribution in [2.24, 2.45) is 5.10 Å². The van der Waals surface area contributed by atoms with E-state index in [1.165, 1.54) is 5.56 Å². The Labute approximate surface area is 77.9 Å². The van der Waals surface area contributed by atoms with Crippen molar-refractivity contribution in [3.8, 4) is 0 Å². The van der Waals surface area contributed by atoms with E-state index in [0.29, 0.717) is 0 Å². The molecule has 0 amide bonds. The first kappa shape index (κ1) is 8.10. The van der Waals surface area contributed by atoms with Crippen LogP contribution in [-0.2, 0) is 0 Å². The summed E-state index contributed by atoms with van der Waals surface area (Å²) >= 11 is 0. The molecule has 3 nitrogen and oxygen atoms in total. The van der Waals surface area contributed by atoms with E-state index in [1.807, 2.05) is 19.2 Å². The molecule has 2 N–H and O–H groups in total. The van der Waals surface area contributed by atoms with Gasteiger partial charge in [-0.1, -0.05) is 12.1 Å².